The Morgan fingerprint density at radius 3 is 2.56 bits per heavy atom. The molecular formula is C24H24N4O6. The number of pyridine rings is 1. The van der Waals surface area contributed by atoms with Crippen LogP contribution < -0.4 is 10.6 Å². The maximum atomic E-state index is 13.2. The molecule has 3 heterocycles. The Bertz CT molecular complexity index is 1310. The number of hydrogen-bond acceptors (Lipinski definition) is 8. The average molecular weight is 464 g/mol. The Labute approximate surface area is 195 Å². The number of fused-ring (bicyclic) bond motifs is 1. The Morgan fingerprint density at radius 2 is 1.85 bits per heavy atom. The van der Waals surface area contributed by atoms with E-state index in [1.165, 1.54) is 0 Å². The third kappa shape index (κ3) is 4.47. The minimum atomic E-state index is -0.678. The van der Waals surface area contributed by atoms with Crippen molar-refractivity contribution in [1.82, 2.24) is 20.8 Å². The van der Waals surface area contributed by atoms with E-state index in [1.54, 1.807) is 26.8 Å². The molecule has 0 saturated heterocycles. The molecule has 0 spiro atoms. The third-order valence-corrected chi connectivity index (χ3v) is 5.40. The van der Waals surface area contributed by atoms with Gasteiger partial charge in [-0.15, -0.1) is 0 Å². The standard InChI is InChI=1S/C24H24N4O6/c1-5-32-23(30)20-13(3)25-24(31)27-18(20)11-33-22(29)16-10-17(15-8-6-12(2)7-9-15)26-21-19(16)14(4)28-34-21/h6-10,13H,5,11H2,1-4H3,(H2,25,27,31). The Kier molecular flexibility index (Phi) is 6.31. The normalized spacial score (nSPS) is 15.6. The summed E-state index contributed by atoms with van der Waals surface area (Å²) in [7, 11) is 0. The van der Waals surface area contributed by atoms with Gasteiger partial charge >= 0.3 is 18.0 Å². The zero-order valence-corrected chi connectivity index (χ0v) is 19.2. The summed E-state index contributed by atoms with van der Waals surface area (Å²) in [6.45, 7) is 6.83. The first-order chi connectivity index (χ1) is 16.3. The summed E-state index contributed by atoms with van der Waals surface area (Å²) in [5.41, 5.74) is 3.66. The van der Waals surface area contributed by atoms with Crippen molar-refractivity contribution < 1.29 is 28.4 Å². The molecule has 34 heavy (non-hydrogen) atoms. The predicted molar refractivity (Wildman–Crippen MR) is 122 cm³/mol. The molecule has 0 aliphatic carbocycles. The highest BCUT2D eigenvalue weighted by atomic mass is 16.5. The van der Waals surface area contributed by atoms with Gasteiger partial charge in [-0.25, -0.2) is 19.4 Å². The molecule has 0 fully saturated rings. The van der Waals surface area contributed by atoms with Crippen molar-refractivity contribution in [2.24, 2.45) is 0 Å². The summed E-state index contributed by atoms with van der Waals surface area (Å²) in [6.07, 6.45) is 0. The van der Waals surface area contributed by atoms with Crippen LogP contribution in [0.25, 0.3) is 22.4 Å². The maximum absolute atomic E-state index is 13.2. The van der Waals surface area contributed by atoms with Crippen LogP contribution in [-0.4, -0.2) is 47.4 Å². The van der Waals surface area contributed by atoms with Crippen molar-refractivity contribution in [2.45, 2.75) is 33.7 Å². The number of nitrogens with one attached hydrogen (secondary N) is 2. The van der Waals surface area contributed by atoms with Gasteiger partial charge in [0, 0.05) is 5.56 Å². The summed E-state index contributed by atoms with van der Waals surface area (Å²) in [5, 5.41) is 9.50. The third-order valence-electron chi connectivity index (χ3n) is 5.40. The second kappa shape index (κ2) is 9.34. The number of amides is 2. The fourth-order valence-corrected chi connectivity index (χ4v) is 3.74. The highest BCUT2D eigenvalue weighted by Crippen LogP contribution is 2.28. The van der Waals surface area contributed by atoms with Gasteiger partial charge in [0.1, 0.15) is 6.61 Å². The highest BCUT2D eigenvalue weighted by molar-refractivity contribution is 6.04. The van der Waals surface area contributed by atoms with E-state index < -0.39 is 24.0 Å². The van der Waals surface area contributed by atoms with Gasteiger partial charge in [-0.2, -0.15) is 0 Å². The van der Waals surface area contributed by atoms with Gasteiger partial charge in [-0.1, -0.05) is 35.0 Å². The molecule has 176 valence electrons. The quantitative estimate of drug-likeness (QED) is 0.532. The zero-order valence-electron chi connectivity index (χ0n) is 19.2. The molecule has 10 nitrogen and oxygen atoms in total. The van der Waals surface area contributed by atoms with E-state index in [9.17, 15) is 14.4 Å². The molecule has 4 rings (SSSR count). The van der Waals surface area contributed by atoms with Crippen LogP contribution in [0.15, 0.2) is 46.1 Å². The van der Waals surface area contributed by atoms with E-state index in [0.29, 0.717) is 16.8 Å². The number of carbonyl (C=O) groups excluding carboxylic acids is 3. The first-order valence-corrected chi connectivity index (χ1v) is 10.8. The molecule has 1 aromatic carbocycles. The lowest BCUT2D eigenvalue weighted by Crippen LogP contribution is -2.50. The molecule has 2 amide bonds. The molecule has 2 N–H and O–H groups in total. The summed E-state index contributed by atoms with van der Waals surface area (Å²) in [6, 6.07) is 8.17. The molecule has 0 radical (unpaired) electrons. The largest absolute Gasteiger partial charge is 0.463 e. The predicted octanol–water partition coefficient (Wildman–Crippen LogP) is 3.18. The molecule has 0 saturated carbocycles. The number of nitrogens with zero attached hydrogens (tertiary/aromatic N) is 2. The molecule has 3 aromatic rings. The summed E-state index contributed by atoms with van der Waals surface area (Å²) < 4.78 is 15.9. The fraction of sp³-hybridized carbons (Fsp3) is 0.292. The van der Waals surface area contributed by atoms with Crippen LogP contribution in [0.1, 0.15) is 35.5 Å². The number of ether oxygens (including phenoxy) is 2. The second-order valence-electron chi connectivity index (χ2n) is 7.88. The van der Waals surface area contributed by atoms with E-state index in [1.807, 2.05) is 31.2 Å². The smallest absolute Gasteiger partial charge is 0.339 e. The first-order valence-electron chi connectivity index (χ1n) is 10.8. The SMILES string of the molecule is CCOC(=O)C1=C(COC(=O)c2cc(-c3ccc(C)cc3)nc3onc(C)c23)NC(=O)NC1C. The summed E-state index contributed by atoms with van der Waals surface area (Å²) >= 11 is 0. The van der Waals surface area contributed by atoms with Crippen molar-refractivity contribution in [3.63, 3.8) is 0 Å². The molecule has 2 aromatic heterocycles. The van der Waals surface area contributed by atoms with Gasteiger partial charge in [0.15, 0.2) is 0 Å². The molecule has 1 aliphatic rings. The topological polar surface area (TPSA) is 133 Å². The van der Waals surface area contributed by atoms with Gasteiger partial charge in [-0.05, 0) is 33.8 Å². The number of aromatic nitrogens is 2. The van der Waals surface area contributed by atoms with Crippen molar-refractivity contribution in [3.05, 3.63) is 58.4 Å². The number of hydrogen-bond donors (Lipinski definition) is 2. The molecular weight excluding hydrogens is 440 g/mol. The number of carbonyl (C=O) groups is 3. The lowest BCUT2D eigenvalue weighted by atomic mass is 10.0. The van der Waals surface area contributed by atoms with Crippen LogP contribution in [0.2, 0.25) is 0 Å². The number of urea groups is 1. The average Bonchev–Trinajstić information content (AvgIpc) is 3.17. The van der Waals surface area contributed by atoms with Gasteiger partial charge in [0.05, 0.1) is 46.3 Å². The Balaban J connectivity index is 1.68. The molecule has 1 atom stereocenters. The highest BCUT2D eigenvalue weighted by Gasteiger charge is 2.30. The van der Waals surface area contributed by atoms with Crippen LogP contribution in [-0.2, 0) is 14.3 Å². The number of benzene rings is 1. The van der Waals surface area contributed by atoms with Crippen molar-refractivity contribution in [3.8, 4) is 11.3 Å². The Hall–Kier alpha value is -4.21. The van der Waals surface area contributed by atoms with Crippen LogP contribution >= 0.6 is 0 Å². The minimum absolute atomic E-state index is 0.161. The second-order valence-corrected chi connectivity index (χ2v) is 7.88. The van der Waals surface area contributed by atoms with Gasteiger partial charge < -0.3 is 24.6 Å². The van der Waals surface area contributed by atoms with Crippen molar-refractivity contribution in [2.75, 3.05) is 13.2 Å². The number of aryl methyl sites for hydroxylation is 2. The number of rotatable bonds is 6. The minimum Gasteiger partial charge on any atom is -0.463 e. The summed E-state index contributed by atoms with van der Waals surface area (Å²) in [4.78, 5) is 42.0. The van der Waals surface area contributed by atoms with Crippen LogP contribution in [0.5, 0.6) is 0 Å². The first kappa shape index (κ1) is 23.0. The van der Waals surface area contributed by atoms with Crippen molar-refractivity contribution in [1.29, 1.82) is 0 Å². The molecule has 0 bridgehead atoms. The van der Waals surface area contributed by atoms with Crippen LogP contribution in [0.4, 0.5) is 4.79 Å². The van der Waals surface area contributed by atoms with Gasteiger partial charge in [0.2, 0.25) is 0 Å². The van der Waals surface area contributed by atoms with E-state index in [4.69, 9.17) is 14.0 Å². The van der Waals surface area contributed by atoms with Crippen LogP contribution in [0.3, 0.4) is 0 Å². The monoisotopic (exact) mass is 464 g/mol. The number of esters is 2. The molecule has 10 heteroatoms. The molecule has 1 aliphatic heterocycles. The van der Waals surface area contributed by atoms with Gasteiger partial charge in [-0.3, -0.25) is 0 Å². The van der Waals surface area contributed by atoms with Gasteiger partial charge in [0.25, 0.3) is 5.71 Å². The van der Waals surface area contributed by atoms with E-state index in [2.05, 4.69) is 20.8 Å². The summed E-state index contributed by atoms with van der Waals surface area (Å²) in [5.74, 6) is -1.28. The lowest BCUT2D eigenvalue weighted by Gasteiger charge is -2.26. The fourth-order valence-electron chi connectivity index (χ4n) is 3.74. The van der Waals surface area contributed by atoms with Crippen molar-refractivity contribution >= 4 is 29.1 Å². The van der Waals surface area contributed by atoms with Crippen LogP contribution in [0, 0.1) is 13.8 Å². The van der Waals surface area contributed by atoms with E-state index in [0.717, 1.165) is 11.1 Å². The van der Waals surface area contributed by atoms with E-state index >= 15 is 0 Å². The Morgan fingerprint density at radius 1 is 1.12 bits per heavy atom. The zero-order chi connectivity index (χ0) is 24.4. The maximum Gasteiger partial charge on any atom is 0.339 e. The molecule has 1 unspecified atom stereocenters. The van der Waals surface area contributed by atoms with E-state index in [-0.39, 0.29) is 35.8 Å². The lowest BCUT2D eigenvalue weighted by molar-refractivity contribution is -0.139.